The first-order chi connectivity index (χ1) is 15.2. The molecule has 0 atom stereocenters. The SMILES string of the molecule is Cc1cc2c(cc1-c1cc(CCC(=O)O)ccc1OC(F)(F)F)N(C(C)C)C(=O)C(C)(C)O2. The molecule has 0 bridgehead atoms. The second-order valence-corrected chi connectivity index (χ2v) is 8.79. The molecule has 6 nitrogen and oxygen atoms in total. The Kier molecular flexibility index (Phi) is 6.37. The number of halogens is 3. The van der Waals surface area contributed by atoms with Crippen LogP contribution in [0.25, 0.3) is 11.1 Å². The van der Waals surface area contributed by atoms with Crippen LogP contribution in [0.4, 0.5) is 18.9 Å². The summed E-state index contributed by atoms with van der Waals surface area (Å²) in [7, 11) is 0. The van der Waals surface area contributed by atoms with Gasteiger partial charge in [-0.1, -0.05) is 6.07 Å². The van der Waals surface area contributed by atoms with Crippen molar-refractivity contribution in [2.45, 2.75) is 65.5 Å². The average molecular weight is 465 g/mol. The van der Waals surface area contributed by atoms with Gasteiger partial charge in [-0.2, -0.15) is 0 Å². The van der Waals surface area contributed by atoms with E-state index in [9.17, 15) is 22.8 Å². The van der Waals surface area contributed by atoms with E-state index in [2.05, 4.69) is 4.74 Å². The number of nitrogens with zero attached hydrogens (tertiary/aromatic N) is 1. The van der Waals surface area contributed by atoms with Gasteiger partial charge in [0.15, 0.2) is 5.60 Å². The number of aliphatic carboxylic acids is 1. The Morgan fingerprint density at radius 2 is 1.85 bits per heavy atom. The van der Waals surface area contributed by atoms with Gasteiger partial charge in [0.05, 0.1) is 5.69 Å². The fourth-order valence-corrected chi connectivity index (χ4v) is 3.87. The number of carbonyl (C=O) groups is 2. The Hall–Kier alpha value is -3.23. The van der Waals surface area contributed by atoms with Crippen molar-refractivity contribution < 1.29 is 37.3 Å². The number of hydrogen-bond acceptors (Lipinski definition) is 4. The van der Waals surface area contributed by atoms with E-state index in [1.165, 1.54) is 18.2 Å². The maximum Gasteiger partial charge on any atom is 0.573 e. The van der Waals surface area contributed by atoms with Gasteiger partial charge < -0.3 is 19.5 Å². The molecule has 178 valence electrons. The van der Waals surface area contributed by atoms with E-state index in [0.717, 1.165) is 0 Å². The third-order valence-corrected chi connectivity index (χ3v) is 5.37. The van der Waals surface area contributed by atoms with Crippen molar-refractivity contribution in [3.05, 3.63) is 41.5 Å². The maximum atomic E-state index is 13.1. The molecule has 1 N–H and O–H groups in total. The fourth-order valence-electron chi connectivity index (χ4n) is 3.87. The molecule has 0 fully saturated rings. The largest absolute Gasteiger partial charge is 0.573 e. The molecule has 3 rings (SSSR count). The highest BCUT2D eigenvalue weighted by atomic mass is 19.4. The monoisotopic (exact) mass is 465 g/mol. The van der Waals surface area contributed by atoms with Crippen molar-refractivity contribution in [2.75, 3.05) is 4.90 Å². The predicted molar refractivity (Wildman–Crippen MR) is 117 cm³/mol. The van der Waals surface area contributed by atoms with Crippen LogP contribution in [0.5, 0.6) is 11.5 Å². The minimum atomic E-state index is -4.91. The van der Waals surface area contributed by atoms with Crippen molar-refractivity contribution in [1.29, 1.82) is 0 Å². The van der Waals surface area contributed by atoms with Crippen LogP contribution in [0, 0.1) is 6.92 Å². The smallest absolute Gasteiger partial charge is 0.481 e. The number of amides is 1. The number of carboxylic acids is 1. The van der Waals surface area contributed by atoms with Gasteiger partial charge in [0.1, 0.15) is 11.5 Å². The number of ether oxygens (including phenoxy) is 2. The average Bonchev–Trinajstić information content (AvgIpc) is 2.66. The molecule has 1 aliphatic heterocycles. The van der Waals surface area contributed by atoms with Crippen molar-refractivity contribution in [3.63, 3.8) is 0 Å². The number of fused-ring (bicyclic) bond motifs is 1. The van der Waals surface area contributed by atoms with E-state index in [1.54, 1.807) is 37.8 Å². The van der Waals surface area contributed by atoms with Crippen molar-refractivity contribution in [3.8, 4) is 22.6 Å². The second kappa shape index (κ2) is 8.61. The molecule has 0 aliphatic carbocycles. The summed E-state index contributed by atoms with van der Waals surface area (Å²) in [6, 6.07) is 7.18. The number of benzene rings is 2. The topological polar surface area (TPSA) is 76.1 Å². The van der Waals surface area contributed by atoms with Crippen LogP contribution in [-0.2, 0) is 16.0 Å². The van der Waals surface area contributed by atoms with Crippen LogP contribution in [-0.4, -0.2) is 35.0 Å². The summed E-state index contributed by atoms with van der Waals surface area (Å²) < 4.78 is 49.5. The fraction of sp³-hybridized carbons (Fsp3) is 0.417. The van der Waals surface area contributed by atoms with Gasteiger partial charge in [0.2, 0.25) is 0 Å². The molecule has 0 saturated heterocycles. The molecule has 0 radical (unpaired) electrons. The lowest BCUT2D eigenvalue weighted by molar-refractivity contribution is -0.274. The lowest BCUT2D eigenvalue weighted by atomic mass is 9.93. The molecule has 1 aliphatic rings. The summed E-state index contributed by atoms with van der Waals surface area (Å²) in [5.74, 6) is -1.23. The molecule has 0 saturated carbocycles. The van der Waals surface area contributed by atoms with Crippen molar-refractivity contribution in [1.82, 2.24) is 0 Å². The van der Waals surface area contributed by atoms with Gasteiger partial charge in [-0.25, -0.2) is 0 Å². The first-order valence-corrected chi connectivity index (χ1v) is 10.5. The Morgan fingerprint density at radius 3 is 2.42 bits per heavy atom. The number of rotatable bonds is 6. The molecule has 2 aromatic carbocycles. The van der Waals surface area contributed by atoms with E-state index in [0.29, 0.717) is 28.1 Å². The zero-order valence-electron chi connectivity index (χ0n) is 19.0. The van der Waals surface area contributed by atoms with Crippen LogP contribution in [0.3, 0.4) is 0 Å². The molecular formula is C24H26F3NO5. The molecule has 1 heterocycles. The van der Waals surface area contributed by atoms with Gasteiger partial charge in [-0.15, -0.1) is 13.2 Å². The Balaban J connectivity index is 2.20. The van der Waals surface area contributed by atoms with Crippen LogP contribution in [0.2, 0.25) is 0 Å². The van der Waals surface area contributed by atoms with Gasteiger partial charge >= 0.3 is 12.3 Å². The highest BCUT2D eigenvalue weighted by Crippen LogP contribution is 2.45. The molecular weight excluding hydrogens is 439 g/mol. The summed E-state index contributed by atoms with van der Waals surface area (Å²) in [4.78, 5) is 25.5. The highest BCUT2D eigenvalue weighted by Gasteiger charge is 2.42. The first kappa shape index (κ1) is 24.4. The number of hydrogen-bond donors (Lipinski definition) is 1. The van der Waals surface area contributed by atoms with Crippen molar-refractivity contribution >= 4 is 17.6 Å². The predicted octanol–water partition coefficient (Wildman–Crippen LogP) is 5.49. The Morgan fingerprint density at radius 1 is 1.18 bits per heavy atom. The lowest BCUT2D eigenvalue weighted by Crippen LogP contribution is -2.54. The third kappa shape index (κ3) is 5.23. The molecule has 2 aromatic rings. The van der Waals surface area contributed by atoms with Crippen LogP contribution in [0.15, 0.2) is 30.3 Å². The summed E-state index contributed by atoms with van der Waals surface area (Å²) in [6.45, 7) is 8.74. The van der Waals surface area contributed by atoms with E-state index >= 15 is 0 Å². The van der Waals surface area contributed by atoms with Crippen LogP contribution in [0.1, 0.15) is 45.2 Å². The quantitative estimate of drug-likeness (QED) is 0.611. The number of carbonyl (C=O) groups excluding carboxylic acids is 1. The molecule has 0 aromatic heterocycles. The summed E-state index contributed by atoms with van der Waals surface area (Å²) >= 11 is 0. The van der Waals surface area contributed by atoms with E-state index in [4.69, 9.17) is 9.84 Å². The second-order valence-electron chi connectivity index (χ2n) is 8.79. The van der Waals surface area contributed by atoms with Gasteiger partial charge in [-0.3, -0.25) is 9.59 Å². The Labute approximate surface area is 189 Å². The van der Waals surface area contributed by atoms with Gasteiger partial charge in [-0.05, 0) is 82.0 Å². The normalized spacial score (nSPS) is 15.3. The zero-order chi connectivity index (χ0) is 24.7. The minimum Gasteiger partial charge on any atom is -0.481 e. The lowest BCUT2D eigenvalue weighted by Gasteiger charge is -2.41. The van der Waals surface area contributed by atoms with Gasteiger partial charge in [0.25, 0.3) is 5.91 Å². The summed E-state index contributed by atoms with van der Waals surface area (Å²) in [6.07, 6.45) is -4.93. The molecule has 1 amide bonds. The molecule has 0 unspecified atom stereocenters. The zero-order valence-corrected chi connectivity index (χ0v) is 19.0. The molecule has 9 heteroatoms. The summed E-state index contributed by atoms with van der Waals surface area (Å²) in [5.41, 5.74) is 1.09. The van der Waals surface area contributed by atoms with Gasteiger partial charge in [0, 0.05) is 18.0 Å². The number of carboxylic acid groups (broad SMARTS) is 1. The third-order valence-electron chi connectivity index (χ3n) is 5.37. The standard InChI is InChI=1S/C24H26F3NO5/c1-13(2)28-18-12-16(14(3)10-20(18)32-23(4,5)22(28)31)17-11-15(7-9-21(29)30)6-8-19(17)33-24(25,26)27/h6,8,10-13H,7,9H2,1-5H3,(H,29,30). The number of alkyl halides is 3. The van der Waals surface area contributed by atoms with E-state index in [1.807, 2.05) is 13.8 Å². The van der Waals surface area contributed by atoms with E-state index < -0.39 is 23.7 Å². The van der Waals surface area contributed by atoms with Crippen LogP contribution >= 0.6 is 0 Å². The molecule has 33 heavy (non-hydrogen) atoms. The van der Waals surface area contributed by atoms with Crippen LogP contribution < -0.4 is 14.4 Å². The summed E-state index contributed by atoms with van der Waals surface area (Å²) in [5, 5.41) is 8.97. The Bertz CT molecular complexity index is 1090. The minimum absolute atomic E-state index is 0.145. The number of anilines is 1. The van der Waals surface area contributed by atoms with Crippen molar-refractivity contribution in [2.24, 2.45) is 0 Å². The first-order valence-electron chi connectivity index (χ1n) is 10.5. The van der Waals surface area contributed by atoms with E-state index in [-0.39, 0.29) is 30.4 Å². The molecule has 0 spiro atoms. The number of aryl methyl sites for hydroxylation is 2. The highest BCUT2D eigenvalue weighted by molar-refractivity contribution is 6.03. The maximum absolute atomic E-state index is 13.1.